The van der Waals surface area contributed by atoms with Gasteiger partial charge >= 0.3 is 0 Å². The Morgan fingerprint density at radius 3 is 1.73 bits per heavy atom. The Morgan fingerprint density at radius 1 is 0.731 bits per heavy atom. The van der Waals surface area contributed by atoms with Gasteiger partial charge < -0.3 is 10.2 Å². The summed E-state index contributed by atoms with van der Waals surface area (Å²) in [6.45, 7) is 7.02. The fourth-order valence-electron chi connectivity index (χ4n) is 4.67. The van der Waals surface area contributed by atoms with Gasteiger partial charge in [0.15, 0.2) is 0 Å². The lowest BCUT2D eigenvalue weighted by Crippen LogP contribution is -2.26. The first-order chi connectivity index (χ1) is 12.5. The summed E-state index contributed by atoms with van der Waals surface area (Å²) in [4.78, 5) is 0. The molecular weight excluding hydrogens is 320 g/mol. The van der Waals surface area contributed by atoms with E-state index in [0.717, 1.165) is 0 Å². The first-order valence-corrected chi connectivity index (χ1v) is 10.0. The third-order valence-electron chi connectivity index (χ3n) is 6.54. The zero-order valence-electron chi connectivity index (χ0n) is 16.2. The molecule has 0 spiro atoms. The maximum atomic E-state index is 9.66. The molecule has 0 amide bonds. The lowest BCUT2D eigenvalue weighted by molar-refractivity contribution is 0.206. The average Bonchev–Trinajstić information content (AvgIpc) is 2.64. The van der Waals surface area contributed by atoms with Crippen LogP contribution in [-0.2, 0) is 0 Å². The molecule has 2 unspecified atom stereocenters. The molecule has 0 bridgehead atoms. The molecule has 0 radical (unpaired) electrons. The Hall–Kier alpha value is -1.96. The molecule has 2 atom stereocenters. The van der Waals surface area contributed by atoms with Crippen LogP contribution in [0.1, 0.15) is 69.4 Å². The van der Waals surface area contributed by atoms with Crippen LogP contribution in [0.2, 0.25) is 0 Å². The van der Waals surface area contributed by atoms with Crippen molar-refractivity contribution in [1.82, 2.24) is 0 Å². The summed E-state index contributed by atoms with van der Waals surface area (Å²) in [7, 11) is 0. The molecule has 1 saturated carbocycles. The molecule has 2 nitrogen and oxygen atoms in total. The highest BCUT2D eigenvalue weighted by atomic mass is 16.3. The Labute approximate surface area is 157 Å². The van der Waals surface area contributed by atoms with Gasteiger partial charge in [0.25, 0.3) is 0 Å². The van der Waals surface area contributed by atoms with Gasteiger partial charge in [-0.25, -0.2) is 0 Å². The monoisotopic (exact) mass is 352 g/mol. The van der Waals surface area contributed by atoms with E-state index in [0.29, 0.717) is 41.1 Å². The van der Waals surface area contributed by atoms with Gasteiger partial charge in [-0.3, -0.25) is 0 Å². The van der Waals surface area contributed by atoms with Crippen LogP contribution in [0.5, 0.6) is 11.5 Å². The van der Waals surface area contributed by atoms with Crippen molar-refractivity contribution in [2.45, 2.75) is 58.3 Å². The molecule has 0 aromatic heterocycles. The van der Waals surface area contributed by atoms with E-state index < -0.39 is 0 Å². The maximum Gasteiger partial charge on any atom is 0.115 e. The van der Waals surface area contributed by atoms with Gasteiger partial charge in [-0.2, -0.15) is 0 Å². The van der Waals surface area contributed by atoms with Gasteiger partial charge in [-0.05, 0) is 90.7 Å². The lowest BCUT2D eigenvalue weighted by atomic mass is 9.66. The third-order valence-corrected chi connectivity index (χ3v) is 6.54. The predicted octanol–water partition coefficient (Wildman–Crippen LogP) is 6.45. The van der Waals surface area contributed by atoms with Crippen molar-refractivity contribution in [2.75, 3.05) is 0 Å². The van der Waals surface area contributed by atoms with Crippen molar-refractivity contribution < 1.29 is 10.2 Å². The molecular formula is C24H32O2. The molecule has 26 heavy (non-hydrogen) atoms. The molecule has 3 rings (SSSR count). The third kappa shape index (κ3) is 4.23. The molecule has 2 heteroatoms. The van der Waals surface area contributed by atoms with Crippen LogP contribution < -0.4 is 0 Å². The van der Waals surface area contributed by atoms with Crippen LogP contribution in [0.15, 0.2) is 48.5 Å². The quantitative estimate of drug-likeness (QED) is 0.649. The molecule has 0 heterocycles. The van der Waals surface area contributed by atoms with Gasteiger partial charge in [0.2, 0.25) is 0 Å². The highest BCUT2D eigenvalue weighted by Crippen LogP contribution is 2.46. The minimum atomic E-state index is 0.348. The van der Waals surface area contributed by atoms with Crippen molar-refractivity contribution in [1.29, 1.82) is 0 Å². The summed E-state index contributed by atoms with van der Waals surface area (Å²) < 4.78 is 0. The maximum absolute atomic E-state index is 9.66. The lowest BCUT2D eigenvalue weighted by Gasteiger charge is -2.39. The summed E-state index contributed by atoms with van der Waals surface area (Å²) in [5.41, 5.74) is 2.73. The summed E-state index contributed by atoms with van der Waals surface area (Å²) in [6.07, 6.45) is 4.92. The van der Waals surface area contributed by atoms with Gasteiger partial charge in [0.05, 0.1) is 0 Å². The summed E-state index contributed by atoms with van der Waals surface area (Å²) in [5.74, 6) is 3.82. The van der Waals surface area contributed by atoms with Crippen molar-refractivity contribution in [3.05, 3.63) is 59.7 Å². The first kappa shape index (κ1) is 18.8. The minimum Gasteiger partial charge on any atom is -0.508 e. The highest BCUT2D eigenvalue weighted by Gasteiger charge is 2.33. The molecule has 0 saturated heterocycles. The average molecular weight is 353 g/mol. The van der Waals surface area contributed by atoms with E-state index in [1.165, 1.54) is 36.8 Å². The van der Waals surface area contributed by atoms with Crippen LogP contribution in [0.3, 0.4) is 0 Å². The van der Waals surface area contributed by atoms with Gasteiger partial charge in [-0.1, -0.05) is 45.0 Å². The predicted molar refractivity (Wildman–Crippen MR) is 108 cm³/mol. The summed E-state index contributed by atoms with van der Waals surface area (Å²) >= 11 is 0. The molecule has 140 valence electrons. The molecule has 2 aromatic rings. The van der Waals surface area contributed by atoms with E-state index in [9.17, 15) is 10.2 Å². The smallest absolute Gasteiger partial charge is 0.115 e. The van der Waals surface area contributed by atoms with Crippen molar-refractivity contribution in [3.8, 4) is 11.5 Å². The second kappa shape index (κ2) is 8.16. The Kier molecular flexibility index (Phi) is 5.90. The number of hydrogen-bond acceptors (Lipinski definition) is 2. The highest BCUT2D eigenvalue weighted by molar-refractivity contribution is 5.31. The van der Waals surface area contributed by atoms with Crippen LogP contribution in [0.25, 0.3) is 0 Å². The number of hydrogen-bond donors (Lipinski definition) is 2. The first-order valence-electron chi connectivity index (χ1n) is 10.0. The molecule has 1 aliphatic carbocycles. The number of phenols is 2. The van der Waals surface area contributed by atoms with Crippen LogP contribution in [-0.4, -0.2) is 10.2 Å². The molecule has 2 aromatic carbocycles. The van der Waals surface area contributed by atoms with E-state index in [4.69, 9.17) is 0 Å². The zero-order valence-corrected chi connectivity index (χ0v) is 16.2. The Bertz CT molecular complexity index is 679. The molecule has 0 aliphatic heterocycles. The van der Waals surface area contributed by atoms with Crippen LogP contribution >= 0.6 is 0 Å². The normalized spacial score (nSPS) is 22.9. The topological polar surface area (TPSA) is 40.5 Å². The Morgan fingerprint density at radius 2 is 1.23 bits per heavy atom. The molecule has 1 aliphatic rings. The number of phenolic OH excluding ortho intramolecular Hbond substituents is 2. The van der Waals surface area contributed by atoms with Crippen molar-refractivity contribution in [3.63, 3.8) is 0 Å². The standard InChI is InChI=1S/C24H32O2/c1-16(2)17(3)24(21-10-14-23(26)15-11-21)20-6-4-18(5-7-20)19-8-12-22(25)13-9-19/h8-18,20,24-26H,4-7H2,1-3H3. The number of rotatable bonds is 5. The second-order valence-corrected chi connectivity index (χ2v) is 8.42. The zero-order chi connectivity index (χ0) is 18.7. The molecule has 1 fully saturated rings. The van der Waals surface area contributed by atoms with E-state index in [1.54, 1.807) is 0 Å². The van der Waals surface area contributed by atoms with Gasteiger partial charge in [0.1, 0.15) is 11.5 Å². The van der Waals surface area contributed by atoms with E-state index >= 15 is 0 Å². The second-order valence-electron chi connectivity index (χ2n) is 8.42. The van der Waals surface area contributed by atoms with Gasteiger partial charge in [0, 0.05) is 0 Å². The van der Waals surface area contributed by atoms with Crippen molar-refractivity contribution in [2.24, 2.45) is 17.8 Å². The van der Waals surface area contributed by atoms with E-state index in [-0.39, 0.29) is 0 Å². The van der Waals surface area contributed by atoms with Crippen molar-refractivity contribution >= 4 is 0 Å². The minimum absolute atomic E-state index is 0.348. The summed E-state index contributed by atoms with van der Waals surface area (Å²) in [6, 6.07) is 15.7. The van der Waals surface area contributed by atoms with E-state index in [1.807, 2.05) is 24.3 Å². The molecule has 2 N–H and O–H groups in total. The van der Waals surface area contributed by atoms with E-state index in [2.05, 4.69) is 45.0 Å². The Balaban J connectivity index is 1.74. The SMILES string of the molecule is CC(C)C(C)C(c1ccc(O)cc1)C1CCC(c2ccc(O)cc2)CC1. The fourth-order valence-corrected chi connectivity index (χ4v) is 4.67. The number of benzene rings is 2. The summed E-state index contributed by atoms with van der Waals surface area (Å²) in [5, 5.41) is 19.2. The van der Waals surface area contributed by atoms with Gasteiger partial charge in [-0.15, -0.1) is 0 Å². The fraction of sp³-hybridized carbons (Fsp3) is 0.500. The van der Waals surface area contributed by atoms with Crippen LogP contribution in [0, 0.1) is 17.8 Å². The largest absolute Gasteiger partial charge is 0.508 e. The van der Waals surface area contributed by atoms with Crippen LogP contribution in [0.4, 0.5) is 0 Å². The number of aromatic hydroxyl groups is 2.